The quantitative estimate of drug-likeness (QED) is 0.839. The summed E-state index contributed by atoms with van der Waals surface area (Å²) in [5.74, 6) is 0. The van der Waals surface area contributed by atoms with Gasteiger partial charge < -0.3 is 0 Å². The summed E-state index contributed by atoms with van der Waals surface area (Å²) in [6.45, 7) is 1.47. The number of nitrogens with zero attached hydrogens (tertiary/aromatic N) is 2. The lowest BCUT2D eigenvalue weighted by Gasteiger charge is -2.29. The van der Waals surface area contributed by atoms with Gasteiger partial charge in [0, 0.05) is 24.2 Å². The van der Waals surface area contributed by atoms with Crippen LogP contribution in [-0.2, 0) is 10.0 Å². The van der Waals surface area contributed by atoms with Gasteiger partial charge >= 0.3 is 0 Å². The van der Waals surface area contributed by atoms with Gasteiger partial charge in [-0.15, -0.1) is 0 Å². The highest BCUT2D eigenvalue weighted by molar-refractivity contribution is 7.89. The summed E-state index contributed by atoms with van der Waals surface area (Å²) in [6.07, 6.45) is 1.94. The molecule has 2 heterocycles. The van der Waals surface area contributed by atoms with Gasteiger partial charge in [0.25, 0.3) is 0 Å². The van der Waals surface area contributed by atoms with Crippen LogP contribution in [0.15, 0.2) is 59.5 Å². The Balaban J connectivity index is 1.78. The molecule has 4 rings (SSSR count). The molecule has 2 aromatic carbocycles. The number of halogens is 1. The highest BCUT2D eigenvalue weighted by atomic mass is 35.5. The van der Waals surface area contributed by atoms with Crippen molar-refractivity contribution in [1.82, 2.24) is 9.21 Å². The van der Waals surface area contributed by atoms with Crippen molar-refractivity contribution in [3.05, 3.63) is 65.2 Å². The van der Waals surface area contributed by atoms with Crippen LogP contribution in [0.2, 0.25) is 5.02 Å². The van der Waals surface area contributed by atoms with Crippen LogP contribution in [0.4, 0.5) is 0 Å². The predicted octanol–water partition coefficient (Wildman–Crippen LogP) is 3.51. The number of sulfonamides is 1. The second-order valence-electron chi connectivity index (χ2n) is 6.35. The van der Waals surface area contributed by atoms with Gasteiger partial charge in [-0.1, -0.05) is 48.0 Å². The average Bonchev–Trinajstić information content (AvgIpc) is 3.16. The van der Waals surface area contributed by atoms with Gasteiger partial charge in [0.05, 0.1) is 4.90 Å². The molecular formula is C18H19ClN2O2S. The SMILES string of the molecule is O=S(=O)(c1cccc(Cl)c1)N1CC2CCCN2C1c1ccccc1. The minimum absolute atomic E-state index is 0.234. The third-order valence-corrected chi connectivity index (χ3v) is 6.95. The highest BCUT2D eigenvalue weighted by Gasteiger charge is 2.47. The third-order valence-electron chi connectivity index (χ3n) is 4.90. The first-order chi connectivity index (χ1) is 11.6. The van der Waals surface area contributed by atoms with Crippen molar-refractivity contribution in [2.24, 2.45) is 0 Å². The van der Waals surface area contributed by atoms with E-state index in [2.05, 4.69) is 4.90 Å². The van der Waals surface area contributed by atoms with Gasteiger partial charge in [-0.25, -0.2) is 8.42 Å². The summed E-state index contributed by atoms with van der Waals surface area (Å²) < 4.78 is 28.1. The van der Waals surface area contributed by atoms with Crippen LogP contribution in [0.3, 0.4) is 0 Å². The molecular weight excluding hydrogens is 344 g/mol. The fraction of sp³-hybridized carbons (Fsp3) is 0.333. The number of fused-ring (bicyclic) bond motifs is 1. The van der Waals surface area contributed by atoms with Gasteiger partial charge in [0.2, 0.25) is 10.0 Å². The number of hydrogen-bond donors (Lipinski definition) is 0. The summed E-state index contributed by atoms with van der Waals surface area (Å²) in [5, 5.41) is 0.437. The molecule has 0 aromatic heterocycles. The van der Waals surface area contributed by atoms with Crippen molar-refractivity contribution in [2.75, 3.05) is 13.1 Å². The van der Waals surface area contributed by atoms with Crippen LogP contribution in [-0.4, -0.2) is 36.8 Å². The first kappa shape index (κ1) is 16.1. The molecule has 2 fully saturated rings. The lowest BCUT2D eigenvalue weighted by atomic mass is 10.1. The van der Waals surface area contributed by atoms with Gasteiger partial charge in [-0.3, -0.25) is 4.90 Å². The largest absolute Gasteiger partial charge is 0.279 e. The fourth-order valence-electron chi connectivity index (χ4n) is 3.82. The highest BCUT2D eigenvalue weighted by Crippen LogP contribution is 2.41. The zero-order valence-corrected chi connectivity index (χ0v) is 14.7. The van der Waals surface area contributed by atoms with E-state index in [0.29, 0.717) is 17.6 Å². The predicted molar refractivity (Wildman–Crippen MR) is 94.3 cm³/mol. The number of benzene rings is 2. The monoisotopic (exact) mass is 362 g/mol. The standard InChI is InChI=1S/C18H19ClN2O2S/c19-15-8-4-10-17(12-15)24(22,23)21-13-16-9-5-11-20(16)18(21)14-6-2-1-3-7-14/h1-4,6-8,10,12,16,18H,5,9,11,13H2. The van der Waals surface area contributed by atoms with Gasteiger partial charge in [-0.05, 0) is 36.6 Å². The van der Waals surface area contributed by atoms with Gasteiger partial charge in [0.15, 0.2) is 0 Å². The lowest BCUT2D eigenvalue weighted by molar-refractivity contribution is 0.198. The molecule has 2 aromatic rings. The molecule has 0 radical (unpaired) electrons. The Kier molecular flexibility index (Phi) is 4.12. The Labute approximate surface area is 147 Å². The summed E-state index contributed by atoms with van der Waals surface area (Å²) in [7, 11) is -3.59. The van der Waals surface area contributed by atoms with Gasteiger partial charge in [-0.2, -0.15) is 4.31 Å². The second-order valence-corrected chi connectivity index (χ2v) is 8.68. The molecule has 0 amide bonds. The minimum Gasteiger partial charge on any atom is -0.279 e. The molecule has 0 saturated carbocycles. The van der Waals surface area contributed by atoms with Crippen molar-refractivity contribution in [1.29, 1.82) is 0 Å². The maximum absolute atomic E-state index is 13.2. The topological polar surface area (TPSA) is 40.6 Å². The molecule has 0 aliphatic carbocycles. The van der Waals surface area contributed by atoms with Crippen LogP contribution < -0.4 is 0 Å². The Morgan fingerprint density at radius 1 is 1.04 bits per heavy atom. The van der Waals surface area contributed by atoms with E-state index >= 15 is 0 Å². The molecule has 6 heteroatoms. The van der Waals surface area contributed by atoms with E-state index in [-0.39, 0.29) is 11.1 Å². The molecule has 2 aliphatic rings. The summed E-state index contributed by atoms with van der Waals surface area (Å²) in [5.41, 5.74) is 1.02. The van der Waals surface area contributed by atoms with Crippen molar-refractivity contribution in [3.8, 4) is 0 Å². The van der Waals surface area contributed by atoms with Crippen molar-refractivity contribution in [3.63, 3.8) is 0 Å². The first-order valence-electron chi connectivity index (χ1n) is 8.15. The second kappa shape index (κ2) is 6.15. The summed E-state index contributed by atoms with van der Waals surface area (Å²) >= 11 is 6.01. The van der Waals surface area contributed by atoms with E-state index < -0.39 is 10.0 Å². The summed E-state index contributed by atoms with van der Waals surface area (Å²) in [4.78, 5) is 2.58. The molecule has 2 atom stereocenters. The molecule has 2 unspecified atom stereocenters. The average molecular weight is 363 g/mol. The smallest absolute Gasteiger partial charge is 0.244 e. The van der Waals surface area contributed by atoms with E-state index in [1.807, 2.05) is 30.3 Å². The number of rotatable bonds is 3. The van der Waals surface area contributed by atoms with E-state index in [1.54, 1.807) is 22.5 Å². The van der Waals surface area contributed by atoms with Crippen LogP contribution in [0.25, 0.3) is 0 Å². The van der Waals surface area contributed by atoms with Crippen molar-refractivity contribution in [2.45, 2.75) is 29.9 Å². The Bertz CT molecular complexity index is 841. The van der Waals surface area contributed by atoms with Gasteiger partial charge in [0.1, 0.15) is 6.17 Å². The van der Waals surface area contributed by atoms with E-state index in [1.165, 1.54) is 6.07 Å². The maximum Gasteiger partial charge on any atom is 0.244 e. The Morgan fingerprint density at radius 3 is 2.58 bits per heavy atom. The first-order valence-corrected chi connectivity index (χ1v) is 9.97. The maximum atomic E-state index is 13.2. The van der Waals surface area contributed by atoms with Crippen LogP contribution in [0.5, 0.6) is 0 Å². The normalized spacial score (nSPS) is 25.0. The minimum atomic E-state index is -3.59. The van der Waals surface area contributed by atoms with Crippen molar-refractivity contribution < 1.29 is 8.42 Å². The van der Waals surface area contributed by atoms with Crippen LogP contribution >= 0.6 is 11.6 Å². The molecule has 2 aliphatic heterocycles. The number of hydrogen-bond acceptors (Lipinski definition) is 3. The van der Waals surface area contributed by atoms with Crippen molar-refractivity contribution >= 4 is 21.6 Å². The fourth-order valence-corrected chi connectivity index (χ4v) is 5.75. The third kappa shape index (κ3) is 2.65. The molecule has 24 heavy (non-hydrogen) atoms. The zero-order valence-electron chi connectivity index (χ0n) is 13.2. The van der Waals surface area contributed by atoms with Crippen LogP contribution in [0, 0.1) is 0 Å². The summed E-state index contributed by atoms with van der Waals surface area (Å²) in [6, 6.07) is 16.7. The van der Waals surface area contributed by atoms with E-state index in [0.717, 1.165) is 24.9 Å². The molecule has 0 bridgehead atoms. The Morgan fingerprint density at radius 2 is 1.83 bits per heavy atom. The lowest BCUT2D eigenvalue weighted by Crippen LogP contribution is -2.35. The van der Waals surface area contributed by atoms with Crippen LogP contribution in [0.1, 0.15) is 24.6 Å². The molecule has 0 spiro atoms. The molecule has 2 saturated heterocycles. The zero-order chi connectivity index (χ0) is 16.7. The molecule has 0 N–H and O–H groups in total. The Hall–Kier alpha value is -1.40. The molecule has 4 nitrogen and oxygen atoms in total. The van der Waals surface area contributed by atoms with E-state index in [9.17, 15) is 8.42 Å². The molecule has 126 valence electrons. The van der Waals surface area contributed by atoms with E-state index in [4.69, 9.17) is 11.6 Å².